The standard InChI is InChI=1S/C19H23NO3/c1-22-19(21)16-10-8-15(9-11-16)14-20-12-4-2-3-6-17(20)18-7-5-13-23-18/h5,7-11,13,17H,2-4,6,12,14H2,1H3. The summed E-state index contributed by atoms with van der Waals surface area (Å²) in [5, 5.41) is 0. The molecule has 0 amide bonds. The first kappa shape index (κ1) is 15.8. The van der Waals surface area contributed by atoms with Crippen LogP contribution in [0.4, 0.5) is 0 Å². The van der Waals surface area contributed by atoms with Crippen molar-refractivity contribution in [3.8, 4) is 0 Å². The van der Waals surface area contributed by atoms with Crippen LogP contribution in [0.15, 0.2) is 47.1 Å². The molecule has 1 unspecified atom stereocenters. The van der Waals surface area contributed by atoms with Gasteiger partial charge in [0, 0.05) is 6.54 Å². The van der Waals surface area contributed by atoms with E-state index >= 15 is 0 Å². The number of rotatable bonds is 4. The lowest BCUT2D eigenvalue weighted by Gasteiger charge is -2.28. The van der Waals surface area contributed by atoms with Crippen molar-refractivity contribution in [2.24, 2.45) is 0 Å². The minimum Gasteiger partial charge on any atom is -0.468 e. The van der Waals surface area contributed by atoms with Crippen LogP contribution in [0.1, 0.15) is 53.4 Å². The van der Waals surface area contributed by atoms with Gasteiger partial charge in [-0.2, -0.15) is 0 Å². The van der Waals surface area contributed by atoms with E-state index in [0.29, 0.717) is 11.6 Å². The molecule has 1 atom stereocenters. The van der Waals surface area contributed by atoms with Gasteiger partial charge in [-0.3, -0.25) is 4.90 Å². The number of benzene rings is 1. The van der Waals surface area contributed by atoms with Crippen LogP contribution >= 0.6 is 0 Å². The zero-order valence-corrected chi connectivity index (χ0v) is 13.5. The van der Waals surface area contributed by atoms with E-state index in [-0.39, 0.29) is 5.97 Å². The molecule has 1 fully saturated rings. The van der Waals surface area contributed by atoms with E-state index in [1.54, 1.807) is 6.26 Å². The topological polar surface area (TPSA) is 42.7 Å². The number of hydrogen-bond donors (Lipinski definition) is 0. The van der Waals surface area contributed by atoms with Crippen molar-refractivity contribution in [2.45, 2.75) is 38.3 Å². The van der Waals surface area contributed by atoms with Crippen LogP contribution in [0.25, 0.3) is 0 Å². The molecule has 0 saturated carbocycles. The monoisotopic (exact) mass is 313 g/mol. The highest BCUT2D eigenvalue weighted by atomic mass is 16.5. The van der Waals surface area contributed by atoms with Crippen LogP contribution in [-0.2, 0) is 11.3 Å². The van der Waals surface area contributed by atoms with Crippen LogP contribution in [0.2, 0.25) is 0 Å². The Bertz CT molecular complexity index is 619. The van der Waals surface area contributed by atoms with Gasteiger partial charge in [0.25, 0.3) is 0 Å². The summed E-state index contributed by atoms with van der Waals surface area (Å²) in [4.78, 5) is 14.0. The minimum absolute atomic E-state index is 0.292. The molecule has 0 aliphatic carbocycles. The number of nitrogens with zero attached hydrogens (tertiary/aromatic N) is 1. The maximum absolute atomic E-state index is 11.5. The first-order chi connectivity index (χ1) is 11.3. The number of carbonyl (C=O) groups excluding carboxylic acids is 1. The van der Waals surface area contributed by atoms with Gasteiger partial charge in [0.15, 0.2) is 0 Å². The molecule has 23 heavy (non-hydrogen) atoms. The molecular weight excluding hydrogens is 290 g/mol. The van der Waals surface area contributed by atoms with E-state index in [0.717, 1.165) is 25.3 Å². The minimum atomic E-state index is -0.292. The van der Waals surface area contributed by atoms with Crippen LogP contribution in [-0.4, -0.2) is 24.5 Å². The number of hydrogen-bond acceptors (Lipinski definition) is 4. The smallest absolute Gasteiger partial charge is 0.337 e. The molecule has 2 heterocycles. The summed E-state index contributed by atoms with van der Waals surface area (Å²) >= 11 is 0. The zero-order chi connectivity index (χ0) is 16.1. The summed E-state index contributed by atoms with van der Waals surface area (Å²) in [6.07, 6.45) is 6.62. The molecule has 1 saturated heterocycles. The molecule has 0 spiro atoms. The van der Waals surface area contributed by atoms with Crippen molar-refractivity contribution < 1.29 is 13.9 Å². The van der Waals surface area contributed by atoms with Crippen LogP contribution in [0, 0.1) is 0 Å². The molecule has 1 aromatic carbocycles. The van der Waals surface area contributed by atoms with E-state index in [1.165, 1.54) is 31.9 Å². The van der Waals surface area contributed by atoms with Crippen molar-refractivity contribution in [3.63, 3.8) is 0 Å². The van der Waals surface area contributed by atoms with Crippen LogP contribution < -0.4 is 0 Å². The van der Waals surface area contributed by atoms with E-state index in [1.807, 2.05) is 30.3 Å². The number of carbonyl (C=O) groups is 1. The van der Waals surface area contributed by atoms with Gasteiger partial charge in [-0.05, 0) is 49.2 Å². The SMILES string of the molecule is COC(=O)c1ccc(CN2CCCCCC2c2ccco2)cc1. The highest BCUT2D eigenvalue weighted by Crippen LogP contribution is 2.31. The van der Waals surface area contributed by atoms with Gasteiger partial charge in [0.1, 0.15) is 5.76 Å². The molecule has 4 nitrogen and oxygen atoms in total. The Kier molecular flexibility index (Phi) is 5.13. The Hall–Kier alpha value is -2.07. The number of furan rings is 1. The normalized spacial score (nSPS) is 19.3. The van der Waals surface area contributed by atoms with Crippen LogP contribution in [0.3, 0.4) is 0 Å². The molecule has 1 aliphatic heterocycles. The predicted octanol–water partition coefficient (Wildman–Crippen LogP) is 4.18. The molecule has 1 aliphatic rings. The first-order valence-electron chi connectivity index (χ1n) is 8.22. The number of ether oxygens (including phenoxy) is 1. The van der Waals surface area contributed by atoms with Gasteiger partial charge in [-0.25, -0.2) is 4.79 Å². The lowest BCUT2D eigenvalue weighted by molar-refractivity contribution is 0.0600. The number of esters is 1. The van der Waals surface area contributed by atoms with Crippen LogP contribution in [0.5, 0.6) is 0 Å². The van der Waals surface area contributed by atoms with E-state index in [4.69, 9.17) is 9.15 Å². The Morgan fingerprint density at radius 3 is 2.74 bits per heavy atom. The fourth-order valence-corrected chi connectivity index (χ4v) is 3.26. The fourth-order valence-electron chi connectivity index (χ4n) is 3.26. The Labute approximate surface area is 137 Å². The summed E-state index contributed by atoms with van der Waals surface area (Å²) in [6.45, 7) is 1.94. The summed E-state index contributed by atoms with van der Waals surface area (Å²) in [7, 11) is 1.40. The fraction of sp³-hybridized carbons (Fsp3) is 0.421. The summed E-state index contributed by atoms with van der Waals surface area (Å²) in [5.41, 5.74) is 1.80. The third kappa shape index (κ3) is 3.82. The molecule has 0 radical (unpaired) electrons. The first-order valence-corrected chi connectivity index (χ1v) is 8.22. The van der Waals surface area contributed by atoms with E-state index in [9.17, 15) is 4.79 Å². The Morgan fingerprint density at radius 2 is 2.04 bits per heavy atom. The molecule has 4 heteroatoms. The maximum Gasteiger partial charge on any atom is 0.337 e. The van der Waals surface area contributed by atoms with Gasteiger partial charge in [-0.1, -0.05) is 25.0 Å². The summed E-state index contributed by atoms with van der Waals surface area (Å²) in [5.74, 6) is 0.762. The second-order valence-corrected chi connectivity index (χ2v) is 6.04. The average Bonchev–Trinajstić information content (AvgIpc) is 3.02. The van der Waals surface area contributed by atoms with Gasteiger partial charge in [0.05, 0.1) is 25.0 Å². The van der Waals surface area contributed by atoms with Gasteiger partial charge >= 0.3 is 5.97 Å². The van der Waals surface area contributed by atoms with Crippen molar-refractivity contribution in [1.82, 2.24) is 4.90 Å². The van der Waals surface area contributed by atoms with E-state index in [2.05, 4.69) is 11.0 Å². The zero-order valence-electron chi connectivity index (χ0n) is 13.5. The van der Waals surface area contributed by atoms with E-state index < -0.39 is 0 Å². The summed E-state index contributed by atoms with van der Waals surface area (Å²) < 4.78 is 10.4. The molecular formula is C19H23NO3. The second-order valence-electron chi connectivity index (χ2n) is 6.04. The number of likely N-dealkylation sites (tertiary alicyclic amines) is 1. The molecule has 3 rings (SSSR count). The quantitative estimate of drug-likeness (QED) is 0.794. The third-order valence-electron chi connectivity index (χ3n) is 4.50. The van der Waals surface area contributed by atoms with Crippen molar-refractivity contribution >= 4 is 5.97 Å². The third-order valence-corrected chi connectivity index (χ3v) is 4.50. The second kappa shape index (κ2) is 7.47. The molecule has 122 valence electrons. The van der Waals surface area contributed by atoms with Crippen molar-refractivity contribution in [1.29, 1.82) is 0 Å². The Morgan fingerprint density at radius 1 is 1.22 bits per heavy atom. The average molecular weight is 313 g/mol. The molecule has 2 aromatic rings. The van der Waals surface area contributed by atoms with Crippen molar-refractivity contribution in [2.75, 3.05) is 13.7 Å². The molecule has 0 bridgehead atoms. The number of methoxy groups -OCH3 is 1. The lowest BCUT2D eigenvalue weighted by atomic mass is 10.1. The lowest BCUT2D eigenvalue weighted by Crippen LogP contribution is -2.27. The molecule has 1 aromatic heterocycles. The molecule has 0 N–H and O–H groups in total. The predicted molar refractivity (Wildman–Crippen MR) is 88.1 cm³/mol. The highest BCUT2D eigenvalue weighted by molar-refractivity contribution is 5.89. The largest absolute Gasteiger partial charge is 0.468 e. The summed E-state index contributed by atoms with van der Waals surface area (Å²) in [6, 6.07) is 12.1. The maximum atomic E-state index is 11.5. The van der Waals surface area contributed by atoms with Gasteiger partial charge in [-0.15, -0.1) is 0 Å². The highest BCUT2D eigenvalue weighted by Gasteiger charge is 2.24. The Balaban J connectivity index is 1.74. The van der Waals surface area contributed by atoms with Crippen molar-refractivity contribution in [3.05, 3.63) is 59.5 Å². The van der Waals surface area contributed by atoms with Gasteiger partial charge < -0.3 is 9.15 Å². The van der Waals surface area contributed by atoms with Gasteiger partial charge in [0.2, 0.25) is 0 Å².